The smallest absolute Gasteiger partial charge is 0.162 e. The van der Waals surface area contributed by atoms with Crippen molar-refractivity contribution in [1.82, 2.24) is 5.32 Å². The summed E-state index contributed by atoms with van der Waals surface area (Å²) in [5, 5.41) is 3.71. The van der Waals surface area contributed by atoms with Gasteiger partial charge in [0.1, 0.15) is 12.4 Å². The van der Waals surface area contributed by atoms with Crippen LogP contribution >= 0.6 is 15.9 Å². The lowest BCUT2D eigenvalue weighted by Crippen LogP contribution is -2.28. The van der Waals surface area contributed by atoms with Gasteiger partial charge in [-0.15, -0.1) is 0 Å². The van der Waals surface area contributed by atoms with Gasteiger partial charge in [0.2, 0.25) is 0 Å². The summed E-state index contributed by atoms with van der Waals surface area (Å²) in [4.78, 5) is 0. The highest BCUT2D eigenvalue weighted by atomic mass is 79.9. The number of hydrogen-bond acceptors (Lipinski definition) is 3. The molecule has 0 unspecified atom stereocenters. The number of halogens is 2. The summed E-state index contributed by atoms with van der Waals surface area (Å²) in [5.74, 6) is 1.19. The molecule has 3 rings (SSSR count). The van der Waals surface area contributed by atoms with E-state index in [0.717, 1.165) is 22.3 Å². The van der Waals surface area contributed by atoms with Gasteiger partial charge >= 0.3 is 0 Å². The van der Waals surface area contributed by atoms with E-state index in [1.165, 1.54) is 56.2 Å². The summed E-state index contributed by atoms with van der Waals surface area (Å²) in [6.07, 6.45) is 7.87. The maximum Gasteiger partial charge on any atom is 0.162 e. The topological polar surface area (TPSA) is 30.5 Å². The van der Waals surface area contributed by atoms with Crippen molar-refractivity contribution in [2.75, 3.05) is 6.61 Å². The Morgan fingerprint density at radius 1 is 1.00 bits per heavy atom. The molecule has 1 fully saturated rings. The van der Waals surface area contributed by atoms with E-state index in [0.29, 0.717) is 25.0 Å². The average molecular weight is 450 g/mol. The second-order valence-corrected chi connectivity index (χ2v) is 8.16. The molecule has 0 radical (unpaired) electrons. The molecule has 1 saturated carbocycles. The van der Waals surface area contributed by atoms with Crippen LogP contribution in [0.5, 0.6) is 11.5 Å². The molecular formula is C23H29BrFNO2. The summed E-state index contributed by atoms with van der Waals surface area (Å²) in [5.41, 5.74) is 2.08. The van der Waals surface area contributed by atoms with E-state index < -0.39 is 0 Å². The minimum atomic E-state index is -0.243. The molecule has 2 aromatic rings. The molecule has 1 aliphatic carbocycles. The molecule has 2 aromatic carbocycles. The van der Waals surface area contributed by atoms with Crippen molar-refractivity contribution in [2.45, 2.75) is 64.6 Å². The number of nitrogens with one attached hydrogen (secondary N) is 1. The third kappa shape index (κ3) is 6.21. The van der Waals surface area contributed by atoms with Crippen molar-refractivity contribution in [2.24, 2.45) is 0 Å². The van der Waals surface area contributed by atoms with Gasteiger partial charge in [-0.25, -0.2) is 4.39 Å². The fourth-order valence-corrected chi connectivity index (χ4v) is 4.04. The predicted octanol–water partition coefficient (Wildman–Crippen LogP) is 6.38. The van der Waals surface area contributed by atoms with Gasteiger partial charge in [0.25, 0.3) is 0 Å². The van der Waals surface area contributed by atoms with Crippen molar-refractivity contribution in [1.29, 1.82) is 0 Å². The molecule has 0 amide bonds. The van der Waals surface area contributed by atoms with Crippen LogP contribution < -0.4 is 14.8 Å². The first-order chi connectivity index (χ1) is 13.7. The van der Waals surface area contributed by atoms with E-state index in [4.69, 9.17) is 9.47 Å². The normalized spacial score (nSPS) is 15.2. The first kappa shape index (κ1) is 21.1. The fraction of sp³-hybridized carbons (Fsp3) is 0.478. The SMILES string of the molecule is CCOc1cc(CNC2CCCCCC2)c(Br)cc1OCc1ccc(F)cc1. The van der Waals surface area contributed by atoms with E-state index in [-0.39, 0.29) is 5.82 Å². The largest absolute Gasteiger partial charge is 0.490 e. The lowest BCUT2D eigenvalue weighted by atomic mass is 10.1. The third-order valence-electron chi connectivity index (χ3n) is 5.16. The highest BCUT2D eigenvalue weighted by Crippen LogP contribution is 2.34. The van der Waals surface area contributed by atoms with Gasteiger partial charge in [0.15, 0.2) is 11.5 Å². The highest BCUT2D eigenvalue weighted by Gasteiger charge is 2.15. The zero-order valence-corrected chi connectivity index (χ0v) is 18.1. The molecule has 0 aliphatic heterocycles. The molecule has 0 aromatic heterocycles. The Hall–Kier alpha value is -1.59. The van der Waals surface area contributed by atoms with Gasteiger partial charge in [-0.1, -0.05) is 53.7 Å². The first-order valence-corrected chi connectivity index (χ1v) is 11.0. The van der Waals surface area contributed by atoms with Gasteiger partial charge in [-0.3, -0.25) is 0 Å². The summed E-state index contributed by atoms with van der Waals surface area (Å²) >= 11 is 3.68. The zero-order valence-electron chi connectivity index (χ0n) is 16.5. The van der Waals surface area contributed by atoms with E-state index in [1.807, 2.05) is 13.0 Å². The fourth-order valence-electron chi connectivity index (χ4n) is 3.57. The van der Waals surface area contributed by atoms with Crippen molar-refractivity contribution < 1.29 is 13.9 Å². The van der Waals surface area contributed by atoms with E-state index in [9.17, 15) is 4.39 Å². The maximum atomic E-state index is 13.1. The van der Waals surface area contributed by atoms with E-state index in [2.05, 4.69) is 27.3 Å². The number of ether oxygens (including phenoxy) is 2. The van der Waals surface area contributed by atoms with Crippen LogP contribution in [-0.4, -0.2) is 12.6 Å². The Balaban J connectivity index is 1.67. The summed E-state index contributed by atoms with van der Waals surface area (Å²) in [6.45, 7) is 3.72. The molecule has 1 aliphatic rings. The highest BCUT2D eigenvalue weighted by molar-refractivity contribution is 9.10. The van der Waals surface area contributed by atoms with E-state index >= 15 is 0 Å². The van der Waals surface area contributed by atoms with Crippen LogP contribution in [0.15, 0.2) is 40.9 Å². The third-order valence-corrected chi connectivity index (χ3v) is 5.89. The summed E-state index contributed by atoms with van der Waals surface area (Å²) in [6, 6.07) is 11.0. The predicted molar refractivity (Wildman–Crippen MR) is 114 cm³/mol. The van der Waals surface area contributed by atoms with Crippen LogP contribution in [0.2, 0.25) is 0 Å². The Morgan fingerprint density at radius 3 is 2.36 bits per heavy atom. The molecule has 152 valence electrons. The Labute approximate surface area is 175 Å². The molecule has 0 bridgehead atoms. The van der Waals surface area contributed by atoms with Crippen LogP contribution in [0.1, 0.15) is 56.6 Å². The van der Waals surface area contributed by atoms with E-state index in [1.54, 1.807) is 12.1 Å². The van der Waals surface area contributed by atoms with Crippen LogP contribution in [0.25, 0.3) is 0 Å². The maximum absolute atomic E-state index is 13.1. The molecule has 1 N–H and O–H groups in total. The first-order valence-electron chi connectivity index (χ1n) is 10.2. The Bertz CT molecular complexity index is 743. The Morgan fingerprint density at radius 2 is 1.68 bits per heavy atom. The number of hydrogen-bond donors (Lipinski definition) is 1. The molecule has 0 saturated heterocycles. The molecule has 0 heterocycles. The monoisotopic (exact) mass is 449 g/mol. The van der Waals surface area contributed by atoms with Gasteiger partial charge in [0, 0.05) is 17.1 Å². The minimum absolute atomic E-state index is 0.243. The van der Waals surface area contributed by atoms with Gasteiger partial charge in [-0.05, 0) is 55.2 Å². The second-order valence-electron chi connectivity index (χ2n) is 7.31. The molecular weight excluding hydrogens is 421 g/mol. The Kier molecular flexibility index (Phi) is 8.16. The van der Waals surface area contributed by atoms with Gasteiger partial charge in [0.05, 0.1) is 6.61 Å². The van der Waals surface area contributed by atoms with Crippen molar-refractivity contribution in [3.63, 3.8) is 0 Å². The summed E-state index contributed by atoms with van der Waals surface area (Å²) in [7, 11) is 0. The van der Waals surface area contributed by atoms with Gasteiger partial charge < -0.3 is 14.8 Å². The van der Waals surface area contributed by atoms with Crippen molar-refractivity contribution in [3.8, 4) is 11.5 Å². The molecule has 3 nitrogen and oxygen atoms in total. The quantitative estimate of drug-likeness (QED) is 0.474. The second kappa shape index (κ2) is 10.8. The average Bonchev–Trinajstić information content (AvgIpc) is 2.97. The van der Waals surface area contributed by atoms with Gasteiger partial charge in [-0.2, -0.15) is 0 Å². The molecule has 28 heavy (non-hydrogen) atoms. The van der Waals surface area contributed by atoms with Crippen LogP contribution in [0.4, 0.5) is 4.39 Å². The van der Waals surface area contributed by atoms with Crippen LogP contribution in [0, 0.1) is 5.82 Å². The van der Waals surface area contributed by atoms with Crippen LogP contribution in [0.3, 0.4) is 0 Å². The van der Waals surface area contributed by atoms with Crippen LogP contribution in [-0.2, 0) is 13.2 Å². The molecule has 5 heteroatoms. The molecule has 0 spiro atoms. The minimum Gasteiger partial charge on any atom is -0.490 e. The van der Waals surface area contributed by atoms with Crippen molar-refractivity contribution in [3.05, 3.63) is 57.8 Å². The number of rotatable bonds is 8. The van der Waals surface area contributed by atoms with Crippen molar-refractivity contribution >= 4 is 15.9 Å². The standard InChI is InChI=1S/C23H29BrFNO2/c1-2-27-22-13-18(15-26-20-7-5-3-4-6-8-20)21(24)14-23(22)28-16-17-9-11-19(25)12-10-17/h9-14,20,26H,2-8,15-16H2,1H3. The molecule has 0 atom stereocenters. The number of benzene rings is 2. The zero-order chi connectivity index (χ0) is 19.8. The lowest BCUT2D eigenvalue weighted by molar-refractivity contribution is 0.268. The lowest BCUT2D eigenvalue weighted by Gasteiger charge is -2.19. The summed E-state index contributed by atoms with van der Waals surface area (Å²) < 4.78 is 25.9.